The molecule has 0 aliphatic rings. The number of aryl methyl sites for hydroxylation is 1. The highest BCUT2D eigenvalue weighted by molar-refractivity contribution is 9.10. The molecule has 0 saturated heterocycles. The summed E-state index contributed by atoms with van der Waals surface area (Å²) in [7, 11) is -3.75. The van der Waals surface area contributed by atoms with Crippen LogP contribution in [0.3, 0.4) is 0 Å². The zero-order chi connectivity index (χ0) is 18.2. The van der Waals surface area contributed by atoms with Gasteiger partial charge in [-0.15, -0.1) is 0 Å². The Hall–Kier alpha value is -1.90. The van der Waals surface area contributed by atoms with Gasteiger partial charge in [0.05, 0.1) is 10.4 Å². The highest BCUT2D eigenvalue weighted by Gasteiger charge is 2.20. The first kappa shape index (κ1) is 17.9. The molecule has 0 fully saturated rings. The average Bonchev–Trinajstić information content (AvgIpc) is 2.89. The van der Waals surface area contributed by atoms with E-state index in [1.54, 1.807) is 13.0 Å². The molecule has 3 aromatic rings. The molecule has 25 heavy (non-hydrogen) atoms. The first-order valence-electron chi connectivity index (χ1n) is 7.73. The van der Waals surface area contributed by atoms with E-state index >= 15 is 0 Å². The molecule has 1 heterocycles. The Morgan fingerprint density at radius 1 is 1.20 bits per heavy atom. The fraction of sp³-hybridized carbons (Fsp3) is 0.235. The maximum absolute atomic E-state index is 12.6. The maximum atomic E-state index is 12.6. The SMILES string of the molecule is CCn1c(=O)oc2cc(S(=O)(=O)N[C@H](C)c3ccc(Br)cc3)ccc21. The van der Waals surface area contributed by atoms with Crippen LogP contribution in [-0.2, 0) is 16.6 Å². The van der Waals surface area contributed by atoms with Crippen molar-refractivity contribution in [2.24, 2.45) is 0 Å². The number of halogens is 1. The highest BCUT2D eigenvalue weighted by Crippen LogP contribution is 2.22. The van der Waals surface area contributed by atoms with Crippen LogP contribution in [0.5, 0.6) is 0 Å². The summed E-state index contributed by atoms with van der Waals surface area (Å²) in [6.07, 6.45) is 0. The minimum Gasteiger partial charge on any atom is -0.408 e. The van der Waals surface area contributed by atoms with Crippen molar-refractivity contribution in [3.05, 3.63) is 63.1 Å². The van der Waals surface area contributed by atoms with Gasteiger partial charge in [0.2, 0.25) is 10.0 Å². The van der Waals surface area contributed by atoms with Gasteiger partial charge in [-0.1, -0.05) is 28.1 Å². The molecule has 3 rings (SSSR count). The third-order valence-electron chi connectivity index (χ3n) is 3.97. The summed E-state index contributed by atoms with van der Waals surface area (Å²) in [5.74, 6) is -0.497. The third-order valence-corrected chi connectivity index (χ3v) is 6.04. The molecule has 8 heteroatoms. The lowest BCUT2D eigenvalue weighted by Gasteiger charge is -2.15. The second-order valence-corrected chi connectivity index (χ2v) is 8.27. The standard InChI is InChI=1S/C17H17BrN2O4S/c1-3-20-15-9-8-14(10-16(15)24-17(20)21)25(22,23)19-11(2)12-4-6-13(18)7-5-12/h4-11,19H,3H2,1-2H3/t11-/m1/s1. The topological polar surface area (TPSA) is 81.3 Å². The van der Waals surface area contributed by atoms with E-state index in [4.69, 9.17) is 4.42 Å². The summed E-state index contributed by atoms with van der Waals surface area (Å²) in [4.78, 5) is 11.8. The Labute approximate surface area is 153 Å². The van der Waals surface area contributed by atoms with E-state index in [1.807, 2.05) is 31.2 Å². The number of rotatable bonds is 5. The number of aromatic nitrogens is 1. The summed E-state index contributed by atoms with van der Waals surface area (Å²) in [5, 5.41) is 0. The Bertz CT molecular complexity index is 1070. The van der Waals surface area contributed by atoms with Gasteiger partial charge in [0, 0.05) is 23.1 Å². The lowest BCUT2D eigenvalue weighted by Crippen LogP contribution is -2.26. The van der Waals surface area contributed by atoms with E-state index in [2.05, 4.69) is 20.7 Å². The normalized spacial score (nSPS) is 13.2. The molecule has 0 radical (unpaired) electrons. The van der Waals surface area contributed by atoms with Gasteiger partial charge >= 0.3 is 5.76 Å². The Balaban J connectivity index is 1.92. The van der Waals surface area contributed by atoms with Gasteiger partial charge in [0.25, 0.3) is 0 Å². The van der Waals surface area contributed by atoms with E-state index in [9.17, 15) is 13.2 Å². The summed E-state index contributed by atoms with van der Waals surface area (Å²) in [5.41, 5.74) is 1.68. The molecule has 6 nitrogen and oxygen atoms in total. The van der Waals surface area contributed by atoms with Crippen molar-refractivity contribution in [3.63, 3.8) is 0 Å². The molecule has 0 bridgehead atoms. The fourth-order valence-corrected chi connectivity index (χ4v) is 4.14. The van der Waals surface area contributed by atoms with Gasteiger partial charge in [-0.2, -0.15) is 0 Å². The third kappa shape index (κ3) is 3.56. The quantitative estimate of drug-likeness (QED) is 0.679. The molecule has 1 atom stereocenters. The number of sulfonamides is 1. The maximum Gasteiger partial charge on any atom is 0.419 e. The smallest absolute Gasteiger partial charge is 0.408 e. The van der Waals surface area contributed by atoms with Crippen molar-refractivity contribution >= 4 is 37.1 Å². The minimum atomic E-state index is -3.75. The Kier molecular flexibility index (Phi) is 4.86. The summed E-state index contributed by atoms with van der Waals surface area (Å²) in [6, 6.07) is 11.4. The molecule has 0 saturated carbocycles. The van der Waals surface area contributed by atoms with Crippen LogP contribution in [-0.4, -0.2) is 13.0 Å². The molecule has 0 aliphatic carbocycles. The van der Waals surface area contributed by atoms with Crippen LogP contribution in [0.4, 0.5) is 0 Å². The van der Waals surface area contributed by atoms with Crippen LogP contribution in [0.15, 0.2) is 61.0 Å². The van der Waals surface area contributed by atoms with E-state index < -0.39 is 21.8 Å². The molecule has 0 aliphatic heterocycles. The number of hydrogen-bond donors (Lipinski definition) is 1. The van der Waals surface area contributed by atoms with Crippen molar-refractivity contribution in [2.45, 2.75) is 31.3 Å². The number of nitrogens with one attached hydrogen (secondary N) is 1. The second-order valence-electron chi connectivity index (χ2n) is 5.64. The van der Waals surface area contributed by atoms with Gasteiger partial charge in [0.15, 0.2) is 5.58 Å². The van der Waals surface area contributed by atoms with Crippen molar-refractivity contribution in [2.75, 3.05) is 0 Å². The highest BCUT2D eigenvalue weighted by atomic mass is 79.9. The van der Waals surface area contributed by atoms with Gasteiger partial charge < -0.3 is 4.42 Å². The van der Waals surface area contributed by atoms with Crippen LogP contribution >= 0.6 is 15.9 Å². The molecule has 132 valence electrons. The molecule has 0 spiro atoms. The van der Waals surface area contributed by atoms with Crippen LogP contribution in [0.1, 0.15) is 25.5 Å². The van der Waals surface area contributed by atoms with Crippen LogP contribution in [0.2, 0.25) is 0 Å². The van der Waals surface area contributed by atoms with Crippen LogP contribution < -0.4 is 10.5 Å². The van der Waals surface area contributed by atoms with Gasteiger partial charge in [0.1, 0.15) is 0 Å². The van der Waals surface area contributed by atoms with E-state index in [0.29, 0.717) is 12.1 Å². The van der Waals surface area contributed by atoms with E-state index in [0.717, 1.165) is 10.0 Å². The monoisotopic (exact) mass is 424 g/mol. The minimum absolute atomic E-state index is 0.0564. The summed E-state index contributed by atoms with van der Waals surface area (Å²) >= 11 is 3.35. The number of hydrogen-bond acceptors (Lipinski definition) is 4. The van der Waals surface area contributed by atoms with Crippen molar-refractivity contribution < 1.29 is 12.8 Å². The molecule has 0 unspecified atom stereocenters. The second kappa shape index (κ2) is 6.78. The number of fused-ring (bicyclic) bond motifs is 1. The van der Waals surface area contributed by atoms with Crippen molar-refractivity contribution in [3.8, 4) is 0 Å². The van der Waals surface area contributed by atoms with E-state index in [1.165, 1.54) is 16.7 Å². The number of benzene rings is 2. The average molecular weight is 425 g/mol. The first-order valence-corrected chi connectivity index (χ1v) is 10.0. The van der Waals surface area contributed by atoms with Gasteiger partial charge in [-0.05, 0) is 43.7 Å². The molecule has 1 N–H and O–H groups in total. The molecule has 0 amide bonds. The van der Waals surface area contributed by atoms with Crippen LogP contribution in [0, 0.1) is 0 Å². The molecular weight excluding hydrogens is 408 g/mol. The van der Waals surface area contributed by atoms with Gasteiger partial charge in [-0.25, -0.2) is 17.9 Å². The lowest BCUT2D eigenvalue weighted by molar-refractivity contribution is 0.512. The summed E-state index contributed by atoms with van der Waals surface area (Å²) in [6.45, 7) is 4.05. The van der Waals surface area contributed by atoms with Gasteiger partial charge in [-0.3, -0.25) is 4.57 Å². The van der Waals surface area contributed by atoms with Crippen molar-refractivity contribution in [1.82, 2.24) is 9.29 Å². The zero-order valence-corrected chi connectivity index (χ0v) is 16.1. The predicted octanol–water partition coefficient (Wildman–Crippen LogP) is 3.42. The number of nitrogens with zero attached hydrogens (tertiary/aromatic N) is 1. The number of oxazole rings is 1. The van der Waals surface area contributed by atoms with Crippen molar-refractivity contribution in [1.29, 1.82) is 0 Å². The lowest BCUT2D eigenvalue weighted by atomic mass is 10.1. The fourth-order valence-electron chi connectivity index (χ4n) is 2.63. The first-order chi connectivity index (χ1) is 11.8. The predicted molar refractivity (Wildman–Crippen MR) is 99.0 cm³/mol. The van der Waals surface area contributed by atoms with Crippen LogP contribution in [0.25, 0.3) is 11.1 Å². The Morgan fingerprint density at radius 3 is 2.52 bits per heavy atom. The zero-order valence-electron chi connectivity index (χ0n) is 13.7. The summed E-state index contributed by atoms with van der Waals surface area (Å²) < 4.78 is 35.4. The molecule has 2 aromatic carbocycles. The molecular formula is C17H17BrN2O4S. The largest absolute Gasteiger partial charge is 0.419 e. The van der Waals surface area contributed by atoms with E-state index in [-0.39, 0.29) is 10.5 Å². The molecule has 1 aromatic heterocycles. The Morgan fingerprint density at radius 2 is 1.88 bits per heavy atom.